The SMILES string of the molecule is CCn1ccc(=O)n(CC(=O)c2ccccc2Cl)c1=O. The Morgan fingerprint density at radius 1 is 1.20 bits per heavy atom. The van der Waals surface area contributed by atoms with E-state index in [9.17, 15) is 14.4 Å². The Labute approximate surface area is 120 Å². The predicted octanol–water partition coefficient (Wildman–Crippen LogP) is 1.57. The van der Waals surface area contributed by atoms with E-state index in [1.54, 1.807) is 31.2 Å². The predicted molar refractivity (Wildman–Crippen MR) is 76.4 cm³/mol. The third-order valence-electron chi connectivity index (χ3n) is 2.96. The Kier molecular flexibility index (Phi) is 4.20. The lowest BCUT2D eigenvalue weighted by Crippen LogP contribution is -2.40. The molecule has 0 N–H and O–H groups in total. The smallest absolute Gasteiger partial charge is 0.301 e. The second kappa shape index (κ2) is 5.88. The lowest BCUT2D eigenvalue weighted by atomic mass is 10.1. The minimum Gasteiger partial charge on any atom is -0.301 e. The largest absolute Gasteiger partial charge is 0.331 e. The van der Waals surface area contributed by atoms with Crippen molar-refractivity contribution in [2.24, 2.45) is 0 Å². The molecule has 1 aromatic carbocycles. The van der Waals surface area contributed by atoms with Gasteiger partial charge in [-0.3, -0.25) is 14.2 Å². The molecule has 2 aromatic rings. The van der Waals surface area contributed by atoms with Crippen LogP contribution < -0.4 is 11.2 Å². The number of carbonyl (C=O) groups is 1. The second-order valence-electron chi connectivity index (χ2n) is 4.21. The second-order valence-corrected chi connectivity index (χ2v) is 4.62. The van der Waals surface area contributed by atoms with E-state index in [1.807, 2.05) is 0 Å². The third kappa shape index (κ3) is 2.72. The maximum Gasteiger partial charge on any atom is 0.331 e. The summed E-state index contributed by atoms with van der Waals surface area (Å²) in [5.41, 5.74) is -0.701. The molecule has 2 rings (SSSR count). The van der Waals surface area contributed by atoms with Gasteiger partial charge in [-0.05, 0) is 19.1 Å². The Morgan fingerprint density at radius 2 is 1.90 bits per heavy atom. The molecule has 20 heavy (non-hydrogen) atoms. The van der Waals surface area contributed by atoms with Crippen LogP contribution in [0.4, 0.5) is 0 Å². The van der Waals surface area contributed by atoms with Crippen molar-refractivity contribution in [1.29, 1.82) is 0 Å². The van der Waals surface area contributed by atoms with Crippen LogP contribution >= 0.6 is 11.6 Å². The van der Waals surface area contributed by atoms with Gasteiger partial charge in [0.15, 0.2) is 5.78 Å². The van der Waals surface area contributed by atoms with Crippen LogP contribution in [0.1, 0.15) is 17.3 Å². The number of Topliss-reactive ketones (excluding diaryl/α,β-unsaturated/α-hetero) is 1. The van der Waals surface area contributed by atoms with E-state index >= 15 is 0 Å². The molecule has 0 fully saturated rings. The van der Waals surface area contributed by atoms with Gasteiger partial charge in [0.2, 0.25) is 0 Å². The maximum absolute atomic E-state index is 12.1. The van der Waals surface area contributed by atoms with Gasteiger partial charge in [-0.25, -0.2) is 4.79 Å². The van der Waals surface area contributed by atoms with Crippen LogP contribution in [0, 0.1) is 0 Å². The van der Waals surface area contributed by atoms with Crippen molar-refractivity contribution in [3.05, 3.63) is 68.0 Å². The van der Waals surface area contributed by atoms with Gasteiger partial charge in [0.05, 0.1) is 11.6 Å². The van der Waals surface area contributed by atoms with Crippen molar-refractivity contribution in [2.45, 2.75) is 20.0 Å². The van der Waals surface area contributed by atoms with E-state index in [0.29, 0.717) is 17.1 Å². The molecule has 0 bridgehead atoms. The molecule has 5 nitrogen and oxygen atoms in total. The number of ketones is 1. The van der Waals surface area contributed by atoms with Crippen molar-refractivity contribution < 1.29 is 4.79 Å². The zero-order valence-electron chi connectivity index (χ0n) is 10.9. The highest BCUT2D eigenvalue weighted by Crippen LogP contribution is 2.15. The summed E-state index contributed by atoms with van der Waals surface area (Å²) in [7, 11) is 0. The normalized spacial score (nSPS) is 10.5. The van der Waals surface area contributed by atoms with Crippen LogP contribution in [0.15, 0.2) is 46.1 Å². The molecule has 6 heteroatoms. The van der Waals surface area contributed by atoms with Crippen LogP contribution in [0.5, 0.6) is 0 Å². The van der Waals surface area contributed by atoms with Gasteiger partial charge in [-0.2, -0.15) is 0 Å². The van der Waals surface area contributed by atoms with Crippen LogP contribution in [0.25, 0.3) is 0 Å². The standard InChI is InChI=1S/C14H13ClN2O3/c1-2-16-8-7-13(19)17(14(16)20)9-12(18)10-5-3-4-6-11(10)15/h3-8H,2,9H2,1H3. The Hall–Kier alpha value is -2.14. The fourth-order valence-corrected chi connectivity index (χ4v) is 2.10. The average Bonchev–Trinajstić information content (AvgIpc) is 2.44. The van der Waals surface area contributed by atoms with Gasteiger partial charge in [-0.1, -0.05) is 23.7 Å². The van der Waals surface area contributed by atoms with Gasteiger partial charge in [-0.15, -0.1) is 0 Å². The molecule has 0 aliphatic rings. The van der Waals surface area contributed by atoms with E-state index in [2.05, 4.69) is 0 Å². The molecule has 0 atom stereocenters. The van der Waals surface area contributed by atoms with E-state index in [1.165, 1.54) is 16.8 Å². The highest BCUT2D eigenvalue weighted by Gasteiger charge is 2.13. The topological polar surface area (TPSA) is 61.1 Å². The average molecular weight is 293 g/mol. The monoisotopic (exact) mass is 292 g/mol. The number of benzene rings is 1. The third-order valence-corrected chi connectivity index (χ3v) is 3.29. The van der Waals surface area contributed by atoms with Gasteiger partial charge < -0.3 is 4.57 Å². The summed E-state index contributed by atoms with van der Waals surface area (Å²) in [6.45, 7) is 1.90. The van der Waals surface area contributed by atoms with E-state index in [-0.39, 0.29) is 12.3 Å². The molecule has 0 amide bonds. The minimum absolute atomic E-state index is 0.298. The Bertz CT molecular complexity index is 761. The number of aromatic nitrogens is 2. The van der Waals surface area contributed by atoms with Crippen molar-refractivity contribution in [3.63, 3.8) is 0 Å². The Balaban J connectivity index is 2.41. The number of halogens is 1. The summed E-state index contributed by atoms with van der Waals surface area (Å²) in [5.74, 6) is -0.372. The lowest BCUT2D eigenvalue weighted by molar-refractivity contribution is 0.0968. The first-order valence-electron chi connectivity index (χ1n) is 6.12. The fourth-order valence-electron chi connectivity index (χ4n) is 1.86. The van der Waals surface area contributed by atoms with Crippen LogP contribution in [-0.4, -0.2) is 14.9 Å². The molecule has 0 unspecified atom stereocenters. The highest BCUT2D eigenvalue weighted by molar-refractivity contribution is 6.33. The molecule has 0 saturated heterocycles. The molecule has 0 aliphatic heterocycles. The van der Waals surface area contributed by atoms with E-state index in [4.69, 9.17) is 11.6 Å². The summed E-state index contributed by atoms with van der Waals surface area (Å²) >= 11 is 5.93. The number of hydrogen-bond acceptors (Lipinski definition) is 3. The number of rotatable bonds is 4. The minimum atomic E-state index is -0.500. The molecule has 104 valence electrons. The van der Waals surface area contributed by atoms with Crippen LogP contribution in [0.3, 0.4) is 0 Å². The number of carbonyl (C=O) groups excluding carboxylic acids is 1. The molecule has 0 spiro atoms. The van der Waals surface area contributed by atoms with Gasteiger partial charge in [0.1, 0.15) is 0 Å². The lowest BCUT2D eigenvalue weighted by Gasteiger charge is -2.08. The maximum atomic E-state index is 12.1. The Morgan fingerprint density at radius 3 is 2.55 bits per heavy atom. The number of aryl methyl sites for hydroxylation is 1. The summed E-state index contributed by atoms with van der Waals surface area (Å²) in [4.78, 5) is 35.9. The van der Waals surface area contributed by atoms with Crippen LogP contribution in [0.2, 0.25) is 5.02 Å². The zero-order chi connectivity index (χ0) is 14.7. The summed E-state index contributed by atoms with van der Waals surface area (Å²) < 4.78 is 2.27. The van der Waals surface area contributed by atoms with Gasteiger partial charge in [0.25, 0.3) is 5.56 Å². The van der Waals surface area contributed by atoms with Crippen molar-refractivity contribution >= 4 is 17.4 Å². The van der Waals surface area contributed by atoms with E-state index in [0.717, 1.165) is 4.57 Å². The zero-order valence-corrected chi connectivity index (χ0v) is 11.6. The number of nitrogens with zero attached hydrogens (tertiary/aromatic N) is 2. The molecular formula is C14H13ClN2O3. The summed E-state index contributed by atoms with van der Waals surface area (Å²) in [6, 6.07) is 7.81. The van der Waals surface area contributed by atoms with Crippen molar-refractivity contribution in [1.82, 2.24) is 9.13 Å². The van der Waals surface area contributed by atoms with Gasteiger partial charge >= 0.3 is 5.69 Å². The van der Waals surface area contributed by atoms with Gasteiger partial charge in [0, 0.05) is 24.4 Å². The van der Waals surface area contributed by atoms with Crippen molar-refractivity contribution in [2.75, 3.05) is 0 Å². The first kappa shape index (κ1) is 14.3. The van der Waals surface area contributed by atoms with Crippen molar-refractivity contribution in [3.8, 4) is 0 Å². The first-order valence-corrected chi connectivity index (χ1v) is 6.50. The molecule has 0 saturated carbocycles. The molecule has 1 aromatic heterocycles. The molecular weight excluding hydrogens is 280 g/mol. The molecule has 0 radical (unpaired) electrons. The quantitative estimate of drug-likeness (QED) is 0.804. The summed E-state index contributed by atoms with van der Waals surface area (Å²) in [5, 5.41) is 0.303. The number of hydrogen-bond donors (Lipinski definition) is 0. The van der Waals surface area contributed by atoms with Crippen LogP contribution in [-0.2, 0) is 13.1 Å². The highest BCUT2D eigenvalue weighted by atomic mass is 35.5. The molecule has 1 heterocycles. The summed E-state index contributed by atoms with van der Waals surface area (Å²) in [6.07, 6.45) is 1.42. The van der Waals surface area contributed by atoms with E-state index < -0.39 is 11.2 Å². The molecule has 0 aliphatic carbocycles. The fraction of sp³-hybridized carbons (Fsp3) is 0.214. The first-order chi connectivity index (χ1) is 9.54.